The molecule has 15 heavy (non-hydrogen) atoms. The lowest BCUT2D eigenvalue weighted by Crippen LogP contribution is -2.18. The summed E-state index contributed by atoms with van der Waals surface area (Å²) in [5, 5.41) is 10.8. The van der Waals surface area contributed by atoms with Gasteiger partial charge in [0.05, 0.1) is 21.2 Å². The molecule has 6 heteroatoms. The zero-order chi connectivity index (χ0) is 11.4. The van der Waals surface area contributed by atoms with Crippen LogP contribution in [0.1, 0.15) is 0 Å². The van der Waals surface area contributed by atoms with Crippen molar-refractivity contribution in [3.8, 4) is 5.75 Å². The van der Waals surface area contributed by atoms with Gasteiger partial charge in [0, 0.05) is 11.4 Å². The number of halogens is 4. The fourth-order valence-corrected chi connectivity index (χ4v) is 1.62. The highest BCUT2D eigenvalue weighted by molar-refractivity contribution is 9.09. The van der Waals surface area contributed by atoms with Crippen molar-refractivity contribution >= 4 is 50.7 Å². The van der Waals surface area contributed by atoms with Crippen molar-refractivity contribution in [3.05, 3.63) is 27.2 Å². The fraction of sp³-hybridized carbons (Fsp3) is 0.333. The summed E-state index contributed by atoms with van der Waals surface area (Å²) in [6.45, 7) is 0.142. The van der Waals surface area contributed by atoms with Gasteiger partial charge in [0.25, 0.3) is 0 Å². The van der Waals surface area contributed by atoms with Crippen molar-refractivity contribution in [2.45, 2.75) is 6.10 Å². The van der Waals surface area contributed by atoms with Crippen LogP contribution in [0.4, 0.5) is 0 Å². The Morgan fingerprint density at radius 1 is 1.20 bits per heavy atom. The van der Waals surface area contributed by atoms with E-state index in [-0.39, 0.29) is 6.61 Å². The quantitative estimate of drug-likeness (QED) is 0.671. The van der Waals surface area contributed by atoms with Gasteiger partial charge in [-0.3, -0.25) is 0 Å². The van der Waals surface area contributed by atoms with Gasteiger partial charge in [-0.2, -0.15) is 0 Å². The minimum absolute atomic E-state index is 0.142. The van der Waals surface area contributed by atoms with Gasteiger partial charge in [0.15, 0.2) is 0 Å². The molecule has 0 aliphatic rings. The molecule has 0 aliphatic heterocycles. The van der Waals surface area contributed by atoms with Crippen LogP contribution in [-0.2, 0) is 0 Å². The molecule has 0 fully saturated rings. The second kappa shape index (κ2) is 6.16. The predicted octanol–water partition coefficient (Wildman–Crippen LogP) is 3.78. The minimum atomic E-state index is -0.587. The molecule has 0 radical (unpaired) electrons. The van der Waals surface area contributed by atoms with Crippen LogP contribution in [0.3, 0.4) is 0 Å². The van der Waals surface area contributed by atoms with Gasteiger partial charge in [0.2, 0.25) is 0 Å². The largest absolute Gasteiger partial charge is 0.489 e. The molecule has 0 bridgehead atoms. The Hall–Kier alpha value is 0.330. The molecule has 1 rings (SSSR count). The van der Waals surface area contributed by atoms with Crippen LogP contribution in [0.5, 0.6) is 5.75 Å². The molecule has 1 atom stereocenters. The van der Waals surface area contributed by atoms with Gasteiger partial charge in [-0.05, 0) is 6.07 Å². The van der Waals surface area contributed by atoms with Crippen molar-refractivity contribution in [3.63, 3.8) is 0 Å². The highest BCUT2D eigenvalue weighted by Crippen LogP contribution is 2.33. The Balaban J connectivity index is 2.73. The van der Waals surface area contributed by atoms with E-state index >= 15 is 0 Å². The van der Waals surface area contributed by atoms with Crippen LogP contribution in [0.25, 0.3) is 0 Å². The second-order valence-electron chi connectivity index (χ2n) is 2.82. The lowest BCUT2D eigenvalue weighted by atomic mass is 10.3. The smallest absolute Gasteiger partial charge is 0.139 e. The molecule has 0 amide bonds. The van der Waals surface area contributed by atoms with E-state index in [9.17, 15) is 5.11 Å². The number of hydrogen-bond donors (Lipinski definition) is 1. The van der Waals surface area contributed by atoms with Gasteiger partial charge in [-0.1, -0.05) is 50.7 Å². The maximum atomic E-state index is 9.26. The molecule has 84 valence electrons. The van der Waals surface area contributed by atoms with Crippen LogP contribution in [-0.4, -0.2) is 23.1 Å². The lowest BCUT2D eigenvalue weighted by Gasteiger charge is -2.11. The second-order valence-corrected chi connectivity index (χ2v) is 4.68. The summed E-state index contributed by atoms with van der Waals surface area (Å²) in [6.07, 6.45) is -0.587. The van der Waals surface area contributed by atoms with Crippen molar-refractivity contribution in [1.82, 2.24) is 0 Å². The van der Waals surface area contributed by atoms with E-state index in [1.54, 1.807) is 0 Å². The predicted molar refractivity (Wildman–Crippen MR) is 66.8 cm³/mol. The van der Waals surface area contributed by atoms with Gasteiger partial charge < -0.3 is 9.84 Å². The molecule has 0 saturated carbocycles. The average Bonchev–Trinajstić information content (AvgIpc) is 2.21. The summed E-state index contributed by atoms with van der Waals surface area (Å²) in [5.74, 6) is 0.408. The normalized spacial score (nSPS) is 12.6. The monoisotopic (exact) mass is 332 g/mol. The molecule has 0 aliphatic carbocycles. The topological polar surface area (TPSA) is 29.5 Å². The number of aliphatic hydroxyl groups is 1. The summed E-state index contributed by atoms with van der Waals surface area (Å²) in [5.41, 5.74) is 0. The SMILES string of the molecule is OC(CBr)COc1cc(Cl)c(Cl)cc1Cl. The zero-order valence-corrected chi connectivity index (χ0v) is 11.4. The number of rotatable bonds is 4. The van der Waals surface area contributed by atoms with Crippen molar-refractivity contribution in [2.24, 2.45) is 0 Å². The first kappa shape index (κ1) is 13.4. The van der Waals surface area contributed by atoms with Crippen molar-refractivity contribution in [1.29, 1.82) is 0 Å². The fourth-order valence-electron chi connectivity index (χ4n) is 0.845. The summed E-state index contributed by atoms with van der Waals surface area (Å²) >= 11 is 20.5. The van der Waals surface area contributed by atoms with E-state index in [1.165, 1.54) is 12.1 Å². The summed E-state index contributed by atoms with van der Waals surface area (Å²) in [6, 6.07) is 3.02. The van der Waals surface area contributed by atoms with E-state index in [0.29, 0.717) is 26.1 Å². The molecular formula is C9H8BrCl3O2. The van der Waals surface area contributed by atoms with E-state index in [2.05, 4.69) is 15.9 Å². The molecular weight excluding hydrogens is 326 g/mol. The van der Waals surface area contributed by atoms with E-state index in [4.69, 9.17) is 39.5 Å². The van der Waals surface area contributed by atoms with Crippen LogP contribution < -0.4 is 4.74 Å². The van der Waals surface area contributed by atoms with Gasteiger partial charge in [-0.25, -0.2) is 0 Å². The van der Waals surface area contributed by atoms with Crippen molar-refractivity contribution in [2.75, 3.05) is 11.9 Å². The lowest BCUT2D eigenvalue weighted by molar-refractivity contribution is 0.127. The Kier molecular flexibility index (Phi) is 5.50. The standard InChI is InChI=1S/C9H8BrCl3O2/c10-3-5(14)4-15-9-2-7(12)6(11)1-8(9)13/h1-2,5,14H,3-4H2. The van der Waals surface area contributed by atoms with Crippen molar-refractivity contribution < 1.29 is 9.84 Å². The highest BCUT2D eigenvalue weighted by atomic mass is 79.9. The Labute approximate surface area is 111 Å². The highest BCUT2D eigenvalue weighted by Gasteiger charge is 2.09. The molecule has 1 aromatic carbocycles. The third kappa shape index (κ3) is 4.00. The van der Waals surface area contributed by atoms with Gasteiger partial charge >= 0.3 is 0 Å². The van der Waals surface area contributed by atoms with E-state index < -0.39 is 6.10 Å². The molecule has 1 N–H and O–H groups in total. The summed E-state index contributed by atoms with van der Waals surface area (Å²) in [4.78, 5) is 0. The molecule has 0 heterocycles. The number of hydrogen-bond acceptors (Lipinski definition) is 2. The maximum Gasteiger partial charge on any atom is 0.139 e. The number of ether oxygens (including phenoxy) is 1. The first-order valence-corrected chi connectivity index (χ1v) is 6.31. The number of alkyl halides is 1. The van der Waals surface area contributed by atoms with Crippen LogP contribution in [0.2, 0.25) is 15.1 Å². The van der Waals surface area contributed by atoms with E-state index in [1.807, 2.05) is 0 Å². The van der Waals surface area contributed by atoms with Crippen LogP contribution in [0.15, 0.2) is 12.1 Å². The minimum Gasteiger partial charge on any atom is -0.489 e. The molecule has 1 unspecified atom stereocenters. The Bertz CT molecular complexity index is 346. The average molecular weight is 334 g/mol. The van der Waals surface area contributed by atoms with Gasteiger partial charge in [0.1, 0.15) is 12.4 Å². The molecule has 1 aromatic rings. The third-order valence-electron chi connectivity index (χ3n) is 1.58. The van der Waals surface area contributed by atoms with Crippen LogP contribution >= 0.6 is 50.7 Å². The zero-order valence-electron chi connectivity index (χ0n) is 7.51. The molecule has 2 nitrogen and oxygen atoms in total. The Morgan fingerprint density at radius 2 is 1.80 bits per heavy atom. The van der Waals surface area contributed by atoms with Gasteiger partial charge in [-0.15, -0.1) is 0 Å². The van der Waals surface area contributed by atoms with Crippen LogP contribution in [0, 0.1) is 0 Å². The Morgan fingerprint density at radius 3 is 2.40 bits per heavy atom. The van der Waals surface area contributed by atoms with E-state index in [0.717, 1.165) is 0 Å². The molecule has 0 aromatic heterocycles. The summed E-state index contributed by atoms with van der Waals surface area (Å²) in [7, 11) is 0. The molecule has 0 spiro atoms. The maximum absolute atomic E-state index is 9.26. The third-order valence-corrected chi connectivity index (χ3v) is 3.35. The first-order chi connectivity index (χ1) is 7.04. The molecule has 0 saturated heterocycles. The number of benzene rings is 1. The first-order valence-electron chi connectivity index (χ1n) is 4.06. The number of aliphatic hydroxyl groups excluding tert-OH is 1. The summed E-state index contributed by atoms with van der Waals surface area (Å²) < 4.78 is 5.27.